The average Bonchev–Trinajstić information content (AvgIpc) is 2.33. The van der Waals surface area contributed by atoms with E-state index in [9.17, 15) is 0 Å². The maximum Gasteiger partial charge on any atom is 0.145 e. The highest BCUT2D eigenvalue weighted by molar-refractivity contribution is 5.36. The predicted molar refractivity (Wildman–Crippen MR) is 68.1 cm³/mol. The van der Waals surface area contributed by atoms with E-state index in [0.29, 0.717) is 0 Å². The van der Waals surface area contributed by atoms with Crippen molar-refractivity contribution >= 4 is 0 Å². The van der Waals surface area contributed by atoms with E-state index in [2.05, 4.69) is 4.98 Å². The number of rotatable bonds is 3. The van der Waals surface area contributed by atoms with Gasteiger partial charge < -0.3 is 10.5 Å². The fourth-order valence-electron chi connectivity index (χ4n) is 1.52. The molecule has 17 heavy (non-hydrogen) atoms. The van der Waals surface area contributed by atoms with Crippen molar-refractivity contribution in [2.24, 2.45) is 5.73 Å². The Bertz CT molecular complexity index is 492. The van der Waals surface area contributed by atoms with Gasteiger partial charge in [-0.05, 0) is 37.6 Å². The fraction of sp³-hybridized carbons (Fsp3) is 0.214. The summed E-state index contributed by atoms with van der Waals surface area (Å²) in [5.74, 6) is 1.58. The summed E-state index contributed by atoms with van der Waals surface area (Å²) < 4.78 is 5.74. The number of nitrogens with two attached hydrogens (primary N) is 1. The van der Waals surface area contributed by atoms with Crippen LogP contribution in [-0.2, 0) is 0 Å². The zero-order valence-corrected chi connectivity index (χ0v) is 10.1. The summed E-state index contributed by atoms with van der Waals surface area (Å²) in [6.45, 7) is 3.92. The van der Waals surface area contributed by atoms with E-state index in [4.69, 9.17) is 10.5 Å². The van der Waals surface area contributed by atoms with Crippen LogP contribution in [0.5, 0.6) is 11.5 Å². The molecule has 2 aromatic rings. The van der Waals surface area contributed by atoms with E-state index in [1.54, 1.807) is 6.20 Å². The summed E-state index contributed by atoms with van der Waals surface area (Å²) in [5.41, 5.74) is 7.70. The van der Waals surface area contributed by atoms with E-state index in [1.807, 2.05) is 50.2 Å². The van der Waals surface area contributed by atoms with Gasteiger partial charge in [-0.25, -0.2) is 0 Å². The molecule has 2 N–H and O–H groups in total. The third kappa shape index (κ3) is 2.82. The van der Waals surface area contributed by atoms with Gasteiger partial charge in [0.05, 0.1) is 11.9 Å². The molecule has 0 aliphatic rings. The summed E-state index contributed by atoms with van der Waals surface area (Å²) >= 11 is 0. The third-order valence-electron chi connectivity index (χ3n) is 2.55. The summed E-state index contributed by atoms with van der Waals surface area (Å²) in [6, 6.07) is 11.6. The lowest BCUT2D eigenvalue weighted by Gasteiger charge is -2.09. The smallest absolute Gasteiger partial charge is 0.145 e. The third-order valence-corrected chi connectivity index (χ3v) is 2.55. The Morgan fingerprint density at radius 2 is 1.94 bits per heavy atom. The molecule has 0 unspecified atom stereocenters. The van der Waals surface area contributed by atoms with Crippen LogP contribution in [0.2, 0.25) is 0 Å². The van der Waals surface area contributed by atoms with Crippen molar-refractivity contribution in [2.45, 2.75) is 19.9 Å². The standard InChI is InChI=1S/C14H16N2O/c1-10-5-3-4-6-14(10)17-12-7-8-13(11(2)15)16-9-12/h3-9,11H,15H2,1-2H3/t11-/m1/s1. The van der Waals surface area contributed by atoms with Crippen LogP contribution in [0.15, 0.2) is 42.6 Å². The van der Waals surface area contributed by atoms with Gasteiger partial charge >= 0.3 is 0 Å². The molecule has 1 aromatic heterocycles. The van der Waals surface area contributed by atoms with Crippen LogP contribution >= 0.6 is 0 Å². The molecule has 1 heterocycles. The SMILES string of the molecule is Cc1ccccc1Oc1ccc([C@@H](C)N)nc1. The van der Waals surface area contributed by atoms with Gasteiger partial charge in [-0.3, -0.25) is 4.98 Å². The minimum Gasteiger partial charge on any atom is -0.455 e. The van der Waals surface area contributed by atoms with Crippen molar-refractivity contribution in [1.29, 1.82) is 0 Å². The Balaban J connectivity index is 2.17. The zero-order chi connectivity index (χ0) is 12.3. The van der Waals surface area contributed by atoms with Crippen LogP contribution < -0.4 is 10.5 Å². The molecule has 2 rings (SSSR count). The summed E-state index contributed by atoms with van der Waals surface area (Å²) in [4.78, 5) is 4.25. The summed E-state index contributed by atoms with van der Waals surface area (Å²) in [5, 5.41) is 0. The molecule has 0 bridgehead atoms. The topological polar surface area (TPSA) is 48.1 Å². The van der Waals surface area contributed by atoms with Crippen molar-refractivity contribution in [3.8, 4) is 11.5 Å². The first-order valence-electron chi connectivity index (χ1n) is 5.62. The number of ether oxygens (including phenoxy) is 1. The molecule has 0 aliphatic carbocycles. The molecular formula is C14H16N2O. The highest BCUT2D eigenvalue weighted by atomic mass is 16.5. The highest BCUT2D eigenvalue weighted by Gasteiger charge is 2.03. The summed E-state index contributed by atoms with van der Waals surface area (Å²) in [7, 11) is 0. The van der Waals surface area contributed by atoms with Crippen LogP contribution in [0.25, 0.3) is 0 Å². The molecule has 0 saturated carbocycles. The largest absolute Gasteiger partial charge is 0.455 e. The number of pyridine rings is 1. The Morgan fingerprint density at radius 1 is 1.18 bits per heavy atom. The Kier molecular flexibility index (Phi) is 3.40. The molecule has 0 saturated heterocycles. The minimum absolute atomic E-state index is 0.0532. The number of nitrogens with zero attached hydrogens (tertiary/aromatic N) is 1. The van der Waals surface area contributed by atoms with Crippen molar-refractivity contribution in [3.05, 3.63) is 53.9 Å². The molecule has 0 spiro atoms. The van der Waals surface area contributed by atoms with Gasteiger partial charge in [0.25, 0.3) is 0 Å². The number of hydrogen-bond acceptors (Lipinski definition) is 3. The van der Waals surface area contributed by atoms with Gasteiger partial charge in [0, 0.05) is 6.04 Å². The molecular weight excluding hydrogens is 212 g/mol. The minimum atomic E-state index is -0.0532. The van der Waals surface area contributed by atoms with Gasteiger partial charge in [-0.1, -0.05) is 18.2 Å². The van der Waals surface area contributed by atoms with Crippen molar-refractivity contribution < 1.29 is 4.74 Å². The first kappa shape index (κ1) is 11.6. The van der Waals surface area contributed by atoms with Crippen molar-refractivity contribution in [3.63, 3.8) is 0 Å². The molecule has 1 aromatic carbocycles. The predicted octanol–water partition coefficient (Wildman–Crippen LogP) is 3.20. The lowest BCUT2D eigenvalue weighted by Crippen LogP contribution is -2.06. The molecule has 88 valence electrons. The van der Waals surface area contributed by atoms with Gasteiger partial charge in [0.15, 0.2) is 0 Å². The lowest BCUT2D eigenvalue weighted by atomic mass is 10.2. The van der Waals surface area contributed by atoms with Crippen molar-refractivity contribution in [1.82, 2.24) is 4.98 Å². The molecule has 0 aliphatic heterocycles. The normalized spacial score (nSPS) is 12.2. The summed E-state index contributed by atoms with van der Waals surface area (Å²) in [6.07, 6.45) is 1.70. The van der Waals surface area contributed by atoms with Gasteiger partial charge in [0.2, 0.25) is 0 Å². The second kappa shape index (κ2) is 4.97. The second-order valence-corrected chi connectivity index (χ2v) is 4.08. The monoisotopic (exact) mass is 228 g/mol. The fourth-order valence-corrected chi connectivity index (χ4v) is 1.52. The number of aryl methyl sites for hydroxylation is 1. The van der Waals surface area contributed by atoms with Crippen molar-refractivity contribution in [2.75, 3.05) is 0 Å². The average molecular weight is 228 g/mol. The van der Waals surface area contributed by atoms with E-state index in [-0.39, 0.29) is 6.04 Å². The van der Waals surface area contributed by atoms with E-state index in [0.717, 1.165) is 22.8 Å². The quantitative estimate of drug-likeness (QED) is 0.877. The van der Waals surface area contributed by atoms with E-state index in [1.165, 1.54) is 0 Å². The van der Waals surface area contributed by atoms with Crippen LogP contribution in [0.1, 0.15) is 24.2 Å². The maximum atomic E-state index is 5.74. The molecule has 1 atom stereocenters. The number of para-hydroxylation sites is 1. The Labute approximate surface area is 101 Å². The molecule has 0 radical (unpaired) electrons. The van der Waals surface area contributed by atoms with Crippen LogP contribution in [0.4, 0.5) is 0 Å². The van der Waals surface area contributed by atoms with Crippen LogP contribution in [-0.4, -0.2) is 4.98 Å². The Hall–Kier alpha value is -1.87. The second-order valence-electron chi connectivity index (χ2n) is 4.08. The zero-order valence-electron chi connectivity index (χ0n) is 10.1. The van der Waals surface area contributed by atoms with E-state index < -0.39 is 0 Å². The number of hydrogen-bond donors (Lipinski definition) is 1. The first-order valence-corrected chi connectivity index (χ1v) is 5.62. The molecule has 3 heteroatoms. The van der Waals surface area contributed by atoms with Gasteiger partial charge in [-0.2, -0.15) is 0 Å². The lowest BCUT2D eigenvalue weighted by molar-refractivity contribution is 0.475. The van der Waals surface area contributed by atoms with Gasteiger partial charge in [-0.15, -0.1) is 0 Å². The highest BCUT2D eigenvalue weighted by Crippen LogP contribution is 2.24. The van der Waals surface area contributed by atoms with Gasteiger partial charge in [0.1, 0.15) is 11.5 Å². The van der Waals surface area contributed by atoms with E-state index >= 15 is 0 Å². The Morgan fingerprint density at radius 3 is 2.53 bits per heavy atom. The van der Waals surface area contributed by atoms with Crippen LogP contribution in [0.3, 0.4) is 0 Å². The number of aromatic nitrogens is 1. The molecule has 0 amide bonds. The molecule has 3 nitrogen and oxygen atoms in total. The maximum absolute atomic E-state index is 5.74. The number of benzene rings is 1. The van der Waals surface area contributed by atoms with Crippen LogP contribution in [0, 0.1) is 6.92 Å². The molecule has 0 fully saturated rings. The first-order chi connectivity index (χ1) is 8.16.